The Kier molecular flexibility index (Phi) is 8.93. The van der Waals surface area contributed by atoms with E-state index in [2.05, 4.69) is 41.2 Å². The first-order valence-electron chi connectivity index (χ1n) is 7.33. The number of hydrogen-bond acceptors (Lipinski definition) is 2. The van der Waals surface area contributed by atoms with Crippen LogP contribution in [0.15, 0.2) is 22.7 Å². The Labute approximate surface area is 126 Å². The van der Waals surface area contributed by atoms with Gasteiger partial charge in [0, 0.05) is 4.47 Å². The van der Waals surface area contributed by atoms with E-state index in [4.69, 9.17) is 4.74 Å². The summed E-state index contributed by atoms with van der Waals surface area (Å²) in [5.41, 5.74) is 1.22. The number of unbranched alkanes of at least 4 members (excludes halogenated alkanes) is 3. The molecule has 1 aromatic carbocycles. The van der Waals surface area contributed by atoms with Crippen LogP contribution in [0.1, 0.15) is 44.6 Å². The molecule has 0 aromatic heterocycles. The molecule has 1 aromatic rings. The summed E-state index contributed by atoms with van der Waals surface area (Å²) >= 11 is 3.50. The van der Waals surface area contributed by atoms with Crippen molar-refractivity contribution in [2.75, 3.05) is 19.7 Å². The summed E-state index contributed by atoms with van der Waals surface area (Å²) in [7, 11) is 0. The van der Waals surface area contributed by atoms with E-state index in [0.29, 0.717) is 0 Å². The normalized spacial score (nSPS) is 10.7. The van der Waals surface area contributed by atoms with Gasteiger partial charge in [0.15, 0.2) is 0 Å². The Hall–Kier alpha value is -0.540. The van der Waals surface area contributed by atoms with Crippen LogP contribution < -0.4 is 10.1 Å². The molecule has 0 atom stereocenters. The van der Waals surface area contributed by atoms with Crippen molar-refractivity contribution < 1.29 is 4.74 Å². The molecule has 19 heavy (non-hydrogen) atoms. The minimum atomic E-state index is 0.823. The Balaban J connectivity index is 2.00. The maximum atomic E-state index is 5.75. The zero-order chi connectivity index (χ0) is 13.9. The number of hydrogen-bond donors (Lipinski definition) is 1. The van der Waals surface area contributed by atoms with Gasteiger partial charge in [0.2, 0.25) is 0 Å². The molecule has 0 spiro atoms. The predicted octanol–water partition coefficient (Wildman–Crippen LogP) is 4.70. The fourth-order valence-corrected chi connectivity index (χ4v) is 2.15. The van der Waals surface area contributed by atoms with Gasteiger partial charge in [0.25, 0.3) is 0 Å². The molecule has 108 valence electrons. The van der Waals surface area contributed by atoms with Gasteiger partial charge >= 0.3 is 0 Å². The van der Waals surface area contributed by atoms with E-state index >= 15 is 0 Å². The van der Waals surface area contributed by atoms with E-state index in [0.717, 1.165) is 36.3 Å². The Morgan fingerprint density at radius 2 is 1.89 bits per heavy atom. The van der Waals surface area contributed by atoms with Gasteiger partial charge in [0.05, 0.1) is 6.61 Å². The Morgan fingerprint density at radius 3 is 2.63 bits per heavy atom. The highest BCUT2D eigenvalue weighted by Crippen LogP contribution is 2.21. The molecule has 0 aliphatic rings. The number of ether oxygens (including phenoxy) is 1. The van der Waals surface area contributed by atoms with Crippen molar-refractivity contribution in [3.8, 4) is 5.75 Å². The van der Waals surface area contributed by atoms with Crippen LogP contribution in [0, 0.1) is 6.92 Å². The summed E-state index contributed by atoms with van der Waals surface area (Å²) in [6.07, 6.45) is 6.18. The van der Waals surface area contributed by atoms with E-state index in [1.165, 1.54) is 31.2 Å². The lowest BCUT2D eigenvalue weighted by Crippen LogP contribution is -2.15. The highest BCUT2D eigenvalue weighted by atomic mass is 79.9. The van der Waals surface area contributed by atoms with Crippen molar-refractivity contribution >= 4 is 15.9 Å². The van der Waals surface area contributed by atoms with Crippen LogP contribution in [0.3, 0.4) is 0 Å². The van der Waals surface area contributed by atoms with Crippen molar-refractivity contribution in [1.29, 1.82) is 0 Å². The second-order valence-electron chi connectivity index (χ2n) is 4.92. The average molecular weight is 328 g/mol. The fourth-order valence-electron chi connectivity index (χ4n) is 1.90. The van der Waals surface area contributed by atoms with E-state index in [9.17, 15) is 0 Å². The van der Waals surface area contributed by atoms with Gasteiger partial charge in [-0.1, -0.05) is 35.7 Å². The van der Waals surface area contributed by atoms with Gasteiger partial charge < -0.3 is 10.1 Å². The predicted molar refractivity (Wildman–Crippen MR) is 86.0 cm³/mol. The van der Waals surface area contributed by atoms with Crippen molar-refractivity contribution in [2.24, 2.45) is 0 Å². The van der Waals surface area contributed by atoms with Crippen molar-refractivity contribution in [3.05, 3.63) is 28.2 Å². The summed E-state index contributed by atoms with van der Waals surface area (Å²) in [5, 5.41) is 3.43. The molecule has 0 unspecified atom stereocenters. The third-order valence-electron chi connectivity index (χ3n) is 3.07. The molecule has 0 aliphatic heterocycles. The van der Waals surface area contributed by atoms with Crippen molar-refractivity contribution in [3.63, 3.8) is 0 Å². The first kappa shape index (κ1) is 16.5. The summed E-state index contributed by atoms with van der Waals surface area (Å²) in [6, 6.07) is 6.15. The Morgan fingerprint density at radius 1 is 1.11 bits per heavy atom. The van der Waals surface area contributed by atoms with Gasteiger partial charge in [-0.15, -0.1) is 0 Å². The first-order chi connectivity index (χ1) is 9.24. The molecule has 0 fully saturated rings. The standard InChI is InChI=1S/C16H26BrNO/c1-3-10-18-11-6-4-5-7-12-19-15-8-9-16(17)14(2)13-15/h8-9,13,18H,3-7,10-12H2,1-2H3. The molecule has 0 radical (unpaired) electrons. The molecular weight excluding hydrogens is 302 g/mol. The summed E-state index contributed by atoms with van der Waals surface area (Å²) < 4.78 is 6.89. The summed E-state index contributed by atoms with van der Waals surface area (Å²) in [6.45, 7) is 7.41. The highest BCUT2D eigenvalue weighted by molar-refractivity contribution is 9.10. The minimum Gasteiger partial charge on any atom is -0.494 e. The number of rotatable bonds is 10. The molecule has 0 bridgehead atoms. The smallest absolute Gasteiger partial charge is 0.119 e. The zero-order valence-electron chi connectivity index (χ0n) is 12.2. The maximum absolute atomic E-state index is 5.75. The van der Waals surface area contributed by atoms with Crippen LogP contribution >= 0.6 is 15.9 Å². The second-order valence-corrected chi connectivity index (χ2v) is 5.78. The van der Waals surface area contributed by atoms with Crippen LogP contribution in [0.4, 0.5) is 0 Å². The van der Waals surface area contributed by atoms with Crippen LogP contribution in [0.25, 0.3) is 0 Å². The first-order valence-corrected chi connectivity index (χ1v) is 8.13. The van der Waals surface area contributed by atoms with E-state index < -0.39 is 0 Å². The average Bonchev–Trinajstić information content (AvgIpc) is 2.41. The summed E-state index contributed by atoms with van der Waals surface area (Å²) in [4.78, 5) is 0. The van der Waals surface area contributed by atoms with Gasteiger partial charge in [-0.25, -0.2) is 0 Å². The molecule has 3 heteroatoms. The Bertz CT molecular complexity index is 355. The van der Waals surface area contributed by atoms with Gasteiger partial charge in [-0.2, -0.15) is 0 Å². The lowest BCUT2D eigenvalue weighted by Gasteiger charge is -2.08. The molecule has 1 rings (SSSR count). The fraction of sp³-hybridized carbons (Fsp3) is 0.625. The van der Waals surface area contributed by atoms with E-state index in [1.807, 2.05) is 12.1 Å². The second kappa shape index (κ2) is 10.3. The quantitative estimate of drug-likeness (QED) is 0.629. The molecule has 0 heterocycles. The molecular formula is C16H26BrNO. The molecule has 0 saturated heterocycles. The lowest BCUT2D eigenvalue weighted by molar-refractivity contribution is 0.304. The molecule has 0 saturated carbocycles. The molecule has 0 amide bonds. The number of halogens is 1. The lowest BCUT2D eigenvalue weighted by atomic mass is 10.2. The molecule has 0 aliphatic carbocycles. The van der Waals surface area contributed by atoms with Crippen LogP contribution in [-0.4, -0.2) is 19.7 Å². The van der Waals surface area contributed by atoms with E-state index in [-0.39, 0.29) is 0 Å². The minimum absolute atomic E-state index is 0.823. The number of benzene rings is 1. The molecule has 1 N–H and O–H groups in total. The third-order valence-corrected chi connectivity index (χ3v) is 3.96. The summed E-state index contributed by atoms with van der Waals surface area (Å²) in [5.74, 6) is 0.977. The highest BCUT2D eigenvalue weighted by Gasteiger charge is 1.98. The maximum Gasteiger partial charge on any atom is 0.119 e. The van der Waals surface area contributed by atoms with E-state index in [1.54, 1.807) is 0 Å². The topological polar surface area (TPSA) is 21.3 Å². The van der Waals surface area contributed by atoms with Crippen LogP contribution in [0.2, 0.25) is 0 Å². The van der Waals surface area contributed by atoms with Gasteiger partial charge in [-0.3, -0.25) is 0 Å². The number of aryl methyl sites for hydroxylation is 1. The third kappa shape index (κ3) is 7.58. The zero-order valence-corrected chi connectivity index (χ0v) is 13.8. The van der Waals surface area contributed by atoms with Gasteiger partial charge in [0.1, 0.15) is 5.75 Å². The van der Waals surface area contributed by atoms with Crippen LogP contribution in [0.5, 0.6) is 5.75 Å². The SMILES string of the molecule is CCCNCCCCCCOc1ccc(Br)c(C)c1. The number of nitrogens with one attached hydrogen (secondary N) is 1. The van der Waals surface area contributed by atoms with Crippen molar-refractivity contribution in [2.45, 2.75) is 46.0 Å². The van der Waals surface area contributed by atoms with Crippen LogP contribution in [-0.2, 0) is 0 Å². The monoisotopic (exact) mass is 327 g/mol. The van der Waals surface area contributed by atoms with Crippen molar-refractivity contribution in [1.82, 2.24) is 5.32 Å². The van der Waals surface area contributed by atoms with Gasteiger partial charge in [-0.05, 0) is 63.0 Å². The molecule has 2 nitrogen and oxygen atoms in total. The largest absolute Gasteiger partial charge is 0.494 e.